The molecule has 1 rings (SSSR count). The van der Waals surface area contributed by atoms with E-state index in [9.17, 15) is 0 Å². The molecule has 0 radical (unpaired) electrons. The highest BCUT2D eigenvalue weighted by molar-refractivity contribution is 8.22. The quantitative estimate of drug-likeness (QED) is 0.393. The molecule has 17 heavy (non-hydrogen) atoms. The van der Waals surface area contributed by atoms with Crippen LogP contribution in [-0.4, -0.2) is 41.1 Å². The largest absolute Gasteiger partial charge is 0.363 e. The van der Waals surface area contributed by atoms with E-state index in [0.717, 1.165) is 20.6 Å². The van der Waals surface area contributed by atoms with Crippen molar-refractivity contribution in [3.63, 3.8) is 0 Å². The van der Waals surface area contributed by atoms with Crippen LogP contribution in [0.1, 0.15) is 12.6 Å². The number of rotatable bonds is 3. The van der Waals surface area contributed by atoms with Crippen LogP contribution in [0.25, 0.3) is 0 Å². The van der Waals surface area contributed by atoms with Gasteiger partial charge in [0.1, 0.15) is 4.32 Å². The van der Waals surface area contributed by atoms with Crippen LogP contribution in [-0.2, 0) is 0 Å². The summed E-state index contributed by atoms with van der Waals surface area (Å²) in [7, 11) is 5.63. The minimum atomic E-state index is 0.820. The SMILES string of the molecule is CNN=C(C)c1ccc(SC(=S)N(C)C)cn1. The van der Waals surface area contributed by atoms with Crippen LogP contribution in [0.15, 0.2) is 28.3 Å². The normalized spacial score (nSPS) is 11.2. The lowest BCUT2D eigenvalue weighted by Crippen LogP contribution is -2.15. The van der Waals surface area contributed by atoms with Gasteiger partial charge in [0.2, 0.25) is 0 Å². The number of hydrazone groups is 1. The summed E-state index contributed by atoms with van der Waals surface area (Å²) in [5.41, 5.74) is 4.46. The number of thiocarbonyl (C=S) groups is 1. The summed E-state index contributed by atoms with van der Waals surface area (Å²) < 4.78 is 0.820. The third-order valence-corrected chi connectivity index (χ3v) is 3.59. The predicted molar refractivity (Wildman–Crippen MR) is 77.6 cm³/mol. The first-order valence-electron chi connectivity index (χ1n) is 5.11. The molecular formula is C11H16N4S2. The molecule has 0 saturated heterocycles. The molecule has 0 saturated carbocycles. The summed E-state index contributed by atoms with van der Waals surface area (Å²) in [4.78, 5) is 7.28. The van der Waals surface area contributed by atoms with Gasteiger partial charge in [-0.05, 0) is 19.1 Å². The Balaban J connectivity index is 2.75. The van der Waals surface area contributed by atoms with Crippen molar-refractivity contribution in [2.24, 2.45) is 5.10 Å². The summed E-state index contributed by atoms with van der Waals surface area (Å²) in [6.45, 7) is 1.91. The minimum absolute atomic E-state index is 0.820. The average Bonchev–Trinajstić information content (AvgIpc) is 2.30. The second-order valence-corrected chi connectivity index (χ2v) is 5.27. The van der Waals surface area contributed by atoms with E-state index in [1.165, 1.54) is 11.8 Å². The molecule has 0 spiro atoms. The molecule has 0 aliphatic rings. The van der Waals surface area contributed by atoms with E-state index in [1.807, 2.05) is 44.2 Å². The van der Waals surface area contributed by atoms with E-state index in [0.29, 0.717) is 0 Å². The van der Waals surface area contributed by atoms with Crippen LogP contribution in [0.4, 0.5) is 0 Å². The van der Waals surface area contributed by atoms with Gasteiger partial charge in [-0.2, -0.15) is 5.10 Å². The fourth-order valence-electron chi connectivity index (χ4n) is 1.07. The Morgan fingerprint density at radius 3 is 2.65 bits per heavy atom. The van der Waals surface area contributed by atoms with Crippen molar-refractivity contribution in [3.05, 3.63) is 24.0 Å². The van der Waals surface area contributed by atoms with E-state index in [-0.39, 0.29) is 0 Å². The molecule has 0 amide bonds. The van der Waals surface area contributed by atoms with Crippen molar-refractivity contribution in [2.75, 3.05) is 21.1 Å². The lowest BCUT2D eigenvalue weighted by atomic mass is 10.3. The number of hydrogen-bond donors (Lipinski definition) is 1. The third kappa shape index (κ3) is 4.32. The first-order chi connectivity index (χ1) is 8.04. The number of nitrogens with one attached hydrogen (secondary N) is 1. The van der Waals surface area contributed by atoms with Crippen LogP contribution < -0.4 is 5.43 Å². The molecule has 1 aromatic rings. The van der Waals surface area contributed by atoms with Gasteiger partial charge in [-0.3, -0.25) is 4.98 Å². The zero-order valence-electron chi connectivity index (χ0n) is 10.4. The van der Waals surface area contributed by atoms with Gasteiger partial charge in [0, 0.05) is 32.2 Å². The summed E-state index contributed by atoms with van der Waals surface area (Å²) in [5, 5.41) is 4.08. The fourth-order valence-corrected chi connectivity index (χ4v) is 1.99. The van der Waals surface area contributed by atoms with E-state index in [2.05, 4.69) is 15.5 Å². The molecule has 1 aromatic heterocycles. The van der Waals surface area contributed by atoms with Crippen molar-refractivity contribution in [1.29, 1.82) is 0 Å². The lowest BCUT2D eigenvalue weighted by Gasteiger charge is -2.12. The van der Waals surface area contributed by atoms with Gasteiger partial charge in [-0.1, -0.05) is 24.0 Å². The Bertz CT molecular complexity index is 412. The molecule has 0 fully saturated rings. The number of thioether (sulfide) groups is 1. The van der Waals surface area contributed by atoms with Gasteiger partial charge in [-0.25, -0.2) is 0 Å². The van der Waals surface area contributed by atoms with Crippen LogP contribution in [0, 0.1) is 0 Å². The van der Waals surface area contributed by atoms with Crippen LogP contribution in [0.3, 0.4) is 0 Å². The highest BCUT2D eigenvalue weighted by Crippen LogP contribution is 2.19. The summed E-state index contributed by atoms with van der Waals surface area (Å²) in [5.74, 6) is 0. The summed E-state index contributed by atoms with van der Waals surface area (Å²) in [6, 6.07) is 3.94. The molecule has 0 aliphatic carbocycles. The number of pyridine rings is 1. The van der Waals surface area contributed by atoms with Gasteiger partial charge in [0.15, 0.2) is 0 Å². The smallest absolute Gasteiger partial charge is 0.140 e. The highest BCUT2D eigenvalue weighted by Gasteiger charge is 2.04. The summed E-state index contributed by atoms with van der Waals surface area (Å²) in [6.07, 6.45) is 1.81. The second-order valence-electron chi connectivity index (χ2n) is 3.56. The van der Waals surface area contributed by atoms with Gasteiger partial charge >= 0.3 is 0 Å². The molecule has 0 unspecified atom stereocenters. The highest BCUT2D eigenvalue weighted by atomic mass is 32.2. The standard InChI is InChI=1S/C11H16N4S2/c1-8(14-12-2)10-6-5-9(7-13-10)17-11(16)15(3)4/h5-7,12H,1-4H3. The number of hydrogen-bond acceptors (Lipinski definition) is 5. The maximum Gasteiger partial charge on any atom is 0.140 e. The van der Waals surface area contributed by atoms with Crippen LogP contribution in [0.2, 0.25) is 0 Å². The fraction of sp³-hybridized carbons (Fsp3) is 0.364. The molecule has 6 heteroatoms. The van der Waals surface area contributed by atoms with Crippen molar-refractivity contribution in [2.45, 2.75) is 11.8 Å². The van der Waals surface area contributed by atoms with Crippen LogP contribution in [0.5, 0.6) is 0 Å². The molecule has 0 aromatic carbocycles. The molecule has 0 atom stereocenters. The van der Waals surface area contributed by atoms with Crippen molar-refractivity contribution in [1.82, 2.24) is 15.3 Å². The minimum Gasteiger partial charge on any atom is -0.363 e. The van der Waals surface area contributed by atoms with Crippen molar-refractivity contribution < 1.29 is 0 Å². The Labute approximate surface area is 111 Å². The third-order valence-electron chi connectivity index (χ3n) is 1.96. The van der Waals surface area contributed by atoms with Crippen LogP contribution >= 0.6 is 24.0 Å². The maximum absolute atomic E-state index is 5.21. The van der Waals surface area contributed by atoms with Gasteiger partial charge in [0.05, 0.1) is 11.4 Å². The lowest BCUT2D eigenvalue weighted by molar-refractivity contribution is 0.648. The Hall–Kier alpha value is -1.14. The number of nitrogens with zero attached hydrogens (tertiary/aromatic N) is 3. The Kier molecular flexibility index (Phi) is 5.37. The summed E-state index contributed by atoms with van der Waals surface area (Å²) >= 11 is 6.74. The predicted octanol–water partition coefficient (Wildman–Crippen LogP) is 1.96. The van der Waals surface area contributed by atoms with E-state index in [1.54, 1.807) is 7.05 Å². The van der Waals surface area contributed by atoms with E-state index < -0.39 is 0 Å². The number of aromatic nitrogens is 1. The topological polar surface area (TPSA) is 40.5 Å². The zero-order chi connectivity index (χ0) is 12.8. The molecular weight excluding hydrogens is 252 g/mol. The Morgan fingerprint density at radius 1 is 1.47 bits per heavy atom. The van der Waals surface area contributed by atoms with Crippen molar-refractivity contribution >= 4 is 34.0 Å². The van der Waals surface area contributed by atoms with E-state index >= 15 is 0 Å². The van der Waals surface area contributed by atoms with Gasteiger partial charge < -0.3 is 10.3 Å². The first-order valence-corrected chi connectivity index (χ1v) is 6.33. The molecule has 4 nitrogen and oxygen atoms in total. The zero-order valence-corrected chi connectivity index (χ0v) is 12.0. The maximum atomic E-state index is 5.21. The van der Waals surface area contributed by atoms with Crippen molar-refractivity contribution in [3.8, 4) is 0 Å². The molecule has 1 N–H and O–H groups in total. The first kappa shape index (κ1) is 13.9. The Morgan fingerprint density at radius 2 is 2.18 bits per heavy atom. The van der Waals surface area contributed by atoms with Gasteiger partial charge in [0.25, 0.3) is 0 Å². The average molecular weight is 268 g/mol. The van der Waals surface area contributed by atoms with Gasteiger partial charge in [-0.15, -0.1) is 0 Å². The second kappa shape index (κ2) is 6.56. The molecule has 0 aliphatic heterocycles. The molecule has 92 valence electrons. The van der Waals surface area contributed by atoms with E-state index in [4.69, 9.17) is 12.2 Å². The monoisotopic (exact) mass is 268 g/mol. The molecule has 0 bridgehead atoms. The molecule has 1 heterocycles.